The number of hydrogen-bond donors (Lipinski definition) is 1. The summed E-state index contributed by atoms with van der Waals surface area (Å²) in [5.41, 5.74) is 4.33. The summed E-state index contributed by atoms with van der Waals surface area (Å²) in [6, 6.07) is 14.0. The first-order valence-electron chi connectivity index (χ1n) is 13.1. The predicted octanol–water partition coefficient (Wildman–Crippen LogP) is 7.62. The lowest BCUT2D eigenvalue weighted by Gasteiger charge is -2.34. The highest BCUT2D eigenvalue weighted by atomic mass is 35.5. The van der Waals surface area contributed by atoms with E-state index in [1.54, 1.807) is 47.0 Å². The average Bonchev–Trinajstić information content (AvgIpc) is 3.29. The third kappa shape index (κ3) is 6.82. The average molecular weight is 623 g/mol. The first kappa shape index (κ1) is 31.2. The van der Waals surface area contributed by atoms with Crippen molar-refractivity contribution in [1.29, 1.82) is 0 Å². The molecule has 0 aliphatic carbocycles. The summed E-state index contributed by atoms with van der Waals surface area (Å²) in [6.07, 6.45) is -0.0381. The number of alkyl halides is 3. The van der Waals surface area contributed by atoms with Gasteiger partial charge in [0.25, 0.3) is 5.91 Å². The van der Waals surface area contributed by atoms with Crippen LogP contribution in [0.5, 0.6) is 5.75 Å². The van der Waals surface area contributed by atoms with Gasteiger partial charge in [0.1, 0.15) is 22.9 Å². The zero-order valence-electron chi connectivity index (χ0n) is 22.7. The first-order valence-corrected chi connectivity index (χ1v) is 13.5. The van der Waals surface area contributed by atoms with Crippen molar-refractivity contribution in [3.05, 3.63) is 100 Å². The molecule has 2 aromatic heterocycles. The maximum atomic E-state index is 15.2. The summed E-state index contributed by atoms with van der Waals surface area (Å²) in [6.45, 7) is 4.55. The van der Waals surface area contributed by atoms with E-state index in [0.717, 1.165) is 11.3 Å². The maximum Gasteiger partial charge on any atom is 0.573 e. The Hall–Kier alpha value is -3.76. The molecule has 3 heterocycles. The van der Waals surface area contributed by atoms with E-state index >= 15 is 4.39 Å². The van der Waals surface area contributed by atoms with E-state index in [1.807, 2.05) is 24.8 Å². The fraction of sp³-hybridized carbons (Fsp3) is 0.267. The fourth-order valence-corrected chi connectivity index (χ4v) is 5.25. The normalized spacial score (nSPS) is 15.3. The molecule has 222 valence electrons. The zero-order valence-corrected chi connectivity index (χ0v) is 24.3. The molecule has 1 amide bonds. The van der Waals surface area contributed by atoms with Gasteiger partial charge in [-0.15, -0.1) is 25.6 Å². The summed E-state index contributed by atoms with van der Waals surface area (Å²) < 4.78 is 58.2. The van der Waals surface area contributed by atoms with Crippen LogP contribution >= 0.6 is 24.0 Å². The number of fused-ring (bicyclic) bond motifs is 1. The number of nitrogens with zero attached hydrogens (tertiary/aromatic N) is 3. The molecule has 12 heteroatoms. The molecule has 0 radical (unpaired) electrons. The fourth-order valence-electron chi connectivity index (χ4n) is 5.09. The van der Waals surface area contributed by atoms with E-state index in [0.29, 0.717) is 52.6 Å². The number of ether oxygens (including phenoxy) is 1. The number of rotatable bonds is 7. The second-order valence-electron chi connectivity index (χ2n) is 9.75. The van der Waals surface area contributed by atoms with Gasteiger partial charge in [0, 0.05) is 36.6 Å². The molecule has 2 aromatic carbocycles. The molecule has 1 aliphatic rings. The molecule has 5 rings (SSSR count). The van der Waals surface area contributed by atoms with Gasteiger partial charge >= 0.3 is 6.36 Å². The van der Waals surface area contributed by atoms with E-state index in [2.05, 4.69) is 15.0 Å². The zero-order chi connectivity index (χ0) is 29.3. The van der Waals surface area contributed by atoms with Crippen LogP contribution in [-0.2, 0) is 13.0 Å². The number of benzene rings is 2. The Labute approximate surface area is 251 Å². The highest BCUT2D eigenvalue weighted by Crippen LogP contribution is 2.32. The lowest BCUT2D eigenvalue weighted by atomic mass is 9.94. The Morgan fingerprint density at radius 2 is 1.88 bits per heavy atom. The van der Waals surface area contributed by atoms with Crippen molar-refractivity contribution in [2.24, 2.45) is 0 Å². The van der Waals surface area contributed by atoms with Crippen LogP contribution in [0, 0.1) is 5.82 Å². The van der Waals surface area contributed by atoms with Gasteiger partial charge in [-0.1, -0.05) is 36.7 Å². The van der Waals surface area contributed by atoms with E-state index in [4.69, 9.17) is 11.6 Å². The number of pyridine rings is 1. The standard InChI is InChI=1S/C30H27ClF4N4O2.ClH/c1-3-26-28(39-17-21(31)5-11-27(39)37-26)29(40)36-16-19-4-10-24(25(32)15-19)20-12-13-38(18(2)14-20)22-6-8-23(9-7-22)41-30(33,34)35;/h4-11,14-15,17-18H,3,12-13,16H2,1-2H3,(H,36,40);1H/t18-;/m0./s1. The van der Waals surface area contributed by atoms with Crippen molar-refractivity contribution in [2.75, 3.05) is 11.4 Å². The van der Waals surface area contributed by atoms with Crippen LogP contribution in [0.25, 0.3) is 11.2 Å². The number of aryl methyl sites for hydroxylation is 1. The molecule has 0 bridgehead atoms. The van der Waals surface area contributed by atoms with Crippen molar-refractivity contribution < 1.29 is 27.1 Å². The minimum atomic E-state index is -4.74. The van der Waals surface area contributed by atoms with E-state index in [-0.39, 0.29) is 36.7 Å². The largest absolute Gasteiger partial charge is 0.573 e. The number of nitrogens with one attached hydrogen (secondary N) is 1. The minimum absolute atomic E-state index is 0. The van der Waals surface area contributed by atoms with E-state index < -0.39 is 12.2 Å². The van der Waals surface area contributed by atoms with Crippen LogP contribution in [0.15, 0.2) is 66.9 Å². The van der Waals surface area contributed by atoms with Crippen molar-refractivity contribution in [3.63, 3.8) is 0 Å². The third-order valence-electron chi connectivity index (χ3n) is 7.00. The molecule has 0 spiro atoms. The van der Waals surface area contributed by atoms with E-state index in [1.165, 1.54) is 18.2 Å². The van der Waals surface area contributed by atoms with Crippen LogP contribution in [0.2, 0.25) is 5.02 Å². The Morgan fingerprint density at radius 3 is 2.52 bits per heavy atom. The molecule has 6 nitrogen and oxygen atoms in total. The van der Waals surface area contributed by atoms with Crippen molar-refractivity contribution in [1.82, 2.24) is 14.7 Å². The number of amides is 1. The Balaban J connectivity index is 0.00000405. The topological polar surface area (TPSA) is 58.9 Å². The number of carbonyl (C=O) groups is 1. The molecular formula is C30H28Cl2F4N4O2. The van der Waals surface area contributed by atoms with Gasteiger partial charge in [0.05, 0.1) is 10.7 Å². The third-order valence-corrected chi connectivity index (χ3v) is 7.22. The summed E-state index contributed by atoms with van der Waals surface area (Å²) in [5, 5.41) is 3.34. The Morgan fingerprint density at radius 1 is 1.14 bits per heavy atom. The lowest BCUT2D eigenvalue weighted by molar-refractivity contribution is -0.274. The van der Waals surface area contributed by atoms with Gasteiger partial charge in [-0.3, -0.25) is 9.20 Å². The molecule has 1 atom stereocenters. The number of imidazole rings is 1. The molecule has 1 aliphatic heterocycles. The van der Waals surface area contributed by atoms with Gasteiger partial charge in [-0.05, 0) is 73.4 Å². The SMILES string of the molecule is CCc1nc2ccc(Cl)cn2c1C(=O)NCc1ccc(C2=C[C@H](C)N(c3ccc(OC(F)(F)F)cc3)CC2)c(F)c1.Cl. The van der Waals surface area contributed by atoms with Crippen LogP contribution in [0.1, 0.15) is 47.6 Å². The number of aromatic nitrogens is 2. The number of hydrogen-bond acceptors (Lipinski definition) is 4. The van der Waals surface area contributed by atoms with Gasteiger partial charge in [-0.25, -0.2) is 9.37 Å². The lowest BCUT2D eigenvalue weighted by Crippen LogP contribution is -2.36. The van der Waals surface area contributed by atoms with Crippen molar-refractivity contribution >= 4 is 46.8 Å². The van der Waals surface area contributed by atoms with Gasteiger partial charge < -0.3 is 15.0 Å². The van der Waals surface area contributed by atoms with Crippen LogP contribution in [0.4, 0.5) is 23.2 Å². The molecule has 0 unspecified atom stereocenters. The predicted molar refractivity (Wildman–Crippen MR) is 157 cm³/mol. The van der Waals surface area contributed by atoms with Gasteiger partial charge in [0.2, 0.25) is 0 Å². The molecule has 42 heavy (non-hydrogen) atoms. The molecular weight excluding hydrogens is 595 g/mol. The number of carbonyl (C=O) groups excluding carboxylic acids is 1. The van der Waals surface area contributed by atoms with Crippen LogP contribution in [0.3, 0.4) is 0 Å². The molecule has 0 saturated carbocycles. The highest BCUT2D eigenvalue weighted by molar-refractivity contribution is 6.30. The van der Waals surface area contributed by atoms with Gasteiger partial charge in [0.15, 0.2) is 0 Å². The molecule has 0 saturated heterocycles. The van der Waals surface area contributed by atoms with Crippen LogP contribution < -0.4 is 15.0 Å². The monoisotopic (exact) mass is 622 g/mol. The smallest absolute Gasteiger partial charge is 0.406 e. The molecule has 1 N–H and O–H groups in total. The number of halogens is 6. The first-order chi connectivity index (χ1) is 19.5. The Bertz CT molecular complexity index is 1620. The maximum absolute atomic E-state index is 15.2. The second-order valence-corrected chi connectivity index (χ2v) is 10.2. The van der Waals surface area contributed by atoms with Gasteiger partial charge in [-0.2, -0.15) is 0 Å². The van der Waals surface area contributed by atoms with Crippen molar-refractivity contribution in [2.45, 2.75) is 45.6 Å². The Kier molecular flexibility index (Phi) is 9.37. The summed E-state index contributed by atoms with van der Waals surface area (Å²) in [5.74, 6) is -1.01. The van der Waals surface area contributed by atoms with Crippen LogP contribution in [-0.4, -0.2) is 34.2 Å². The molecule has 4 aromatic rings. The summed E-state index contributed by atoms with van der Waals surface area (Å²) >= 11 is 6.12. The minimum Gasteiger partial charge on any atom is -0.406 e. The van der Waals surface area contributed by atoms with E-state index in [9.17, 15) is 18.0 Å². The summed E-state index contributed by atoms with van der Waals surface area (Å²) in [4.78, 5) is 19.6. The quantitative estimate of drug-likeness (QED) is 0.215. The summed E-state index contributed by atoms with van der Waals surface area (Å²) in [7, 11) is 0. The molecule has 0 fully saturated rings. The van der Waals surface area contributed by atoms with Crippen molar-refractivity contribution in [3.8, 4) is 5.75 Å². The highest BCUT2D eigenvalue weighted by Gasteiger charge is 2.31. The second kappa shape index (κ2) is 12.6. The number of anilines is 1.